The molecule has 31 heavy (non-hydrogen) atoms. The zero-order valence-electron chi connectivity index (χ0n) is 17.1. The number of likely N-dealkylation sites (tertiary alicyclic amines) is 1. The van der Waals surface area contributed by atoms with E-state index in [1.807, 2.05) is 30.1 Å². The normalized spacial score (nSPS) is 21.0. The highest BCUT2D eigenvalue weighted by atomic mass is 19.4. The standard InChI is InChI=1S/C19H24FN3O.C2HF3O2/c1-22-13-17(11-21-22)16-10-19(24-14-16)6-8-23(9-7-19)12-15-2-4-18(20)5-3-15;3-2(4,5)1(6)7/h2-5,11,13,16H,6-10,12,14H2,1H3;(H,6,7). The Bertz CT molecular complexity index is 875. The van der Waals surface area contributed by atoms with Gasteiger partial charge in [0, 0.05) is 38.8 Å². The van der Waals surface area contributed by atoms with Gasteiger partial charge in [0.05, 0.1) is 18.4 Å². The summed E-state index contributed by atoms with van der Waals surface area (Å²) >= 11 is 0. The van der Waals surface area contributed by atoms with Crippen LogP contribution in [0.3, 0.4) is 0 Å². The van der Waals surface area contributed by atoms with Gasteiger partial charge in [-0.2, -0.15) is 18.3 Å². The maximum Gasteiger partial charge on any atom is 0.490 e. The largest absolute Gasteiger partial charge is 0.490 e. The van der Waals surface area contributed by atoms with Crippen molar-refractivity contribution >= 4 is 5.97 Å². The van der Waals surface area contributed by atoms with Crippen molar-refractivity contribution in [2.75, 3.05) is 19.7 Å². The molecule has 4 rings (SSSR count). The Balaban J connectivity index is 0.000000339. The zero-order valence-corrected chi connectivity index (χ0v) is 17.1. The summed E-state index contributed by atoms with van der Waals surface area (Å²) in [7, 11) is 1.96. The maximum absolute atomic E-state index is 13.0. The lowest BCUT2D eigenvalue weighted by Crippen LogP contribution is -2.43. The second-order valence-corrected chi connectivity index (χ2v) is 8.05. The number of piperidine rings is 1. The number of benzene rings is 1. The molecule has 10 heteroatoms. The van der Waals surface area contributed by atoms with Crippen LogP contribution in [-0.2, 0) is 23.1 Å². The van der Waals surface area contributed by atoms with Crippen LogP contribution in [0.2, 0.25) is 0 Å². The first-order chi connectivity index (χ1) is 14.6. The Morgan fingerprint density at radius 3 is 2.39 bits per heavy atom. The van der Waals surface area contributed by atoms with Crippen LogP contribution in [0.5, 0.6) is 0 Å². The number of aromatic nitrogens is 2. The summed E-state index contributed by atoms with van der Waals surface area (Å²) in [4.78, 5) is 11.3. The van der Waals surface area contributed by atoms with Gasteiger partial charge in [-0.05, 0) is 42.5 Å². The van der Waals surface area contributed by atoms with Crippen molar-refractivity contribution in [3.05, 3.63) is 53.6 Å². The number of carboxylic acids is 1. The molecule has 6 nitrogen and oxygen atoms in total. The number of carboxylic acid groups (broad SMARTS) is 1. The van der Waals surface area contributed by atoms with Gasteiger partial charge in [-0.1, -0.05) is 12.1 Å². The van der Waals surface area contributed by atoms with E-state index in [4.69, 9.17) is 14.6 Å². The average Bonchev–Trinajstić information content (AvgIpc) is 3.32. The number of aliphatic carboxylic acids is 1. The van der Waals surface area contributed by atoms with Crippen LogP contribution in [0.25, 0.3) is 0 Å². The van der Waals surface area contributed by atoms with Crippen molar-refractivity contribution in [3.63, 3.8) is 0 Å². The minimum absolute atomic E-state index is 0.0415. The Kier molecular flexibility index (Phi) is 7.00. The van der Waals surface area contributed by atoms with Crippen LogP contribution in [0.1, 0.15) is 36.3 Å². The molecule has 0 bridgehead atoms. The topological polar surface area (TPSA) is 67.6 Å². The molecule has 0 amide bonds. The van der Waals surface area contributed by atoms with Gasteiger partial charge in [-0.15, -0.1) is 0 Å². The quantitative estimate of drug-likeness (QED) is 0.733. The highest BCUT2D eigenvalue weighted by Crippen LogP contribution is 2.42. The predicted molar refractivity (Wildman–Crippen MR) is 104 cm³/mol. The highest BCUT2D eigenvalue weighted by Gasteiger charge is 2.43. The minimum Gasteiger partial charge on any atom is -0.475 e. The lowest BCUT2D eigenvalue weighted by molar-refractivity contribution is -0.192. The molecule has 2 aliphatic rings. The van der Waals surface area contributed by atoms with Gasteiger partial charge in [0.15, 0.2) is 0 Å². The van der Waals surface area contributed by atoms with Crippen molar-refractivity contribution in [1.82, 2.24) is 14.7 Å². The van der Waals surface area contributed by atoms with Gasteiger partial charge < -0.3 is 9.84 Å². The molecule has 1 spiro atoms. The second-order valence-electron chi connectivity index (χ2n) is 8.05. The van der Waals surface area contributed by atoms with Crippen molar-refractivity contribution in [3.8, 4) is 0 Å². The van der Waals surface area contributed by atoms with E-state index < -0.39 is 12.1 Å². The number of nitrogens with zero attached hydrogens (tertiary/aromatic N) is 3. The number of ether oxygens (including phenoxy) is 1. The first-order valence-corrected chi connectivity index (χ1v) is 9.96. The molecular formula is C21H25F4N3O3. The number of carbonyl (C=O) groups is 1. The van der Waals surface area contributed by atoms with Crippen LogP contribution in [0.4, 0.5) is 17.6 Å². The molecule has 170 valence electrons. The summed E-state index contributed by atoms with van der Waals surface area (Å²) in [5.74, 6) is -2.45. The van der Waals surface area contributed by atoms with Gasteiger partial charge in [-0.25, -0.2) is 9.18 Å². The molecule has 1 aromatic carbocycles. The van der Waals surface area contributed by atoms with Gasteiger partial charge in [0.2, 0.25) is 0 Å². The molecule has 2 aromatic rings. The van der Waals surface area contributed by atoms with Crippen molar-refractivity contribution in [2.45, 2.75) is 43.5 Å². The molecular weight excluding hydrogens is 418 g/mol. The monoisotopic (exact) mass is 443 g/mol. The van der Waals surface area contributed by atoms with Crippen LogP contribution in [0, 0.1) is 5.82 Å². The van der Waals surface area contributed by atoms with E-state index in [1.54, 1.807) is 12.1 Å². The lowest BCUT2D eigenvalue weighted by atomic mass is 9.84. The summed E-state index contributed by atoms with van der Waals surface area (Å²) in [6.45, 7) is 3.78. The number of hydrogen-bond donors (Lipinski definition) is 1. The Labute approximate surface area is 177 Å². The Hall–Kier alpha value is -2.46. The van der Waals surface area contributed by atoms with Crippen LogP contribution < -0.4 is 0 Å². The zero-order chi connectivity index (χ0) is 22.6. The maximum atomic E-state index is 13.0. The van der Waals surface area contributed by atoms with Gasteiger partial charge >= 0.3 is 12.1 Å². The first kappa shape index (κ1) is 23.2. The fourth-order valence-electron chi connectivity index (χ4n) is 4.02. The SMILES string of the molecule is Cn1cc(C2COC3(CCN(Cc4ccc(F)cc4)CC3)C2)cn1.O=C(O)C(F)(F)F. The van der Waals surface area contributed by atoms with Crippen molar-refractivity contribution < 1.29 is 32.2 Å². The molecule has 1 N–H and O–H groups in total. The molecule has 0 aliphatic carbocycles. The summed E-state index contributed by atoms with van der Waals surface area (Å²) in [6.07, 6.45) is 2.24. The molecule has 2 saturated heterocycles. The van der Waals surface area contributed by atoms with Crippen LogP contribution in [0.15, 0.2) is 36.7 Å². The first-order valence-electron chi connectivity index (χ1n) is 9.96. The third-order valence-electron chi connectivity index (χ3n) is 5.73. The van der Waals surface area contributed by atoms with Gasteiger partial charge in [0.25, 0.3) is 0 Å². The third kappa shape index (κ3) is 6.27. The van der Waals surface area contributed by atoms with E-state index in [0.717, 1.165) is 45.5 Å². The summed E-state index contributed by atoms with van der Waals surface area (Å²) < 4.78 is 52.9. The van der Waals surface area contributed by atoms with E-state index in [-0.39, 0.29) is 11.4 Å². The predicted octanol–water partition coefficient (Wildman–Crippen LogP) is 3.73. The lowest BCUT2D eigenvalue weighted by Gasteiger charge is -2.38. The van der Waals surface area contributed by atoms with E-state index in [1.165, 1.54) is 11.1 Å². The number of halogens is 4. The number of alkyl halides is 3. The summed E-state index contributed by atoms with van der Waals surface area (Å²) in [5, 5.41) is 11.4. The minimum atomic E-state index is -5.08. The molecule has 1 atom stereocenters. The molecule has 3 heterocycles. The van der Waals surface area contributed by atoms with Crippen LogP contribution >= 0.6 is 0 Å². The highest BCUT2D eigenvalue weighted by molar-refractivity contribution is 5.73. The molecule has 1 unspecified atom stereocenters. The fraction of sp³-hybridized carbons (Fsp3) is 0.524. The van der Waals surface area contributed by atoms with Crippen LogP contribution in [-0.4, -0.2) is 57.2 Å². The van der Waals surface area contributed by atoms with Crippen molar-refractivity contribution in [2.24, 2.45) is 7.05 Å². The number of aryl methyl sites for hydroxylation is 1. The summed E-state index contributed by atoms with van der Waals surface area (Å²) in [5.41, 5.74) is 2.51. The van der Waals surface area contributed by atoms with Gasteiger partial charge in [0.1, 0.15) is 5.82 Å². The third-order valence-corrected chi connectivity index (χ3v) is 5.73. The average molecular weight is 443 g/mol. The molecule has 0 radical (unpaired) electrons. The number of rotatable bonds is 3. The molecule has 0 saturated carbocycles. The Morgan fingerprint density at radius 2 is 1.87 bits per heavy atom. The Morgan fingerprint density at radius 1 is 1.26 bits per heavy atom. The van der Waals surface area contributed by atoms with E-state index in [2.05, 4.69) is 16.2 Å². The van der Waals surface area contributed by atoms with E-state index in [0.29, 0.717) is 5.92 Å². The molecule has 2 fully saturated rings. The summed E-state index contributed by atoms with van der Waals surface area (Å²) in [6, 6.07) is 6.84. The fourth-order valence-corrected chi connectivity index (χ4v) is 4.02. The second kappa shape index (κ2) is 9.35. The van der Waals surface area contributed by atoms with Gasteiger partial charge in [-0.3, -0.25) is 9.58 Å². The molecule has 2 aliphatic heterocycles. The smallest absolute Gasteiger partial charge is 0.475 e. The molecule has 1 aromatic heterocycles. The van der Waals surface area contributed by atoms with Crippen molar-refractivity contribution in [1.29, 1.82) is 0 Å². The number of hydrogen-bond acceptors (Lipinski definition) is 4. The van der Waals surface area contributed by atoms with E-state index in [9.17, 15) is 17.6 Å². The van der Waals surface area contributed by atoms with E-state index >= 15 is 0 Å².